The molecular weight excluding hydrogens is 428 g/mol. The fourth-order valence-corrected chi connectivity index (χ4v) is 5.00. The molecule has 0 radical (unpaired) electrons. The second-order valence-corrected chi connectivity index (χ2v) is 9.39. The molecule has 5 heteroatoms. The Labute approximate surface area is 199 Å². The van der Waals surface area contributed by atoms with Crippen molar-refractivity contribution >= 4 is 32.6 Å². The number of hydrogen-bond donors (Lipinski definition) is 0. The van der Waals surface area contributed by atoms with Crippen LogP contribution in [0.5, 0.6) is 5.75 Å². The van der Waals surface area contributed by atoms with Crippen molar-refractivity contribution in [1.82, 2.24) is 4.98 Å². The molecule has 1 aromatic heterocycles. The SMILES string of the molecule is CCCCCOc1ccc(C(=O)N(Cc2ccccc2)c2nc3c(C)cc(C)cc3s2)cc1. The van der Waals surface area contributed by atoms with Crippen molar-refractivity contribution in [2.24, 2.45) is 0 Å². The van der Waals surface area contributed by atoms with Crippen LogP contribution >= 0.6 is 11.3 Å². The molecule has 4 nitrogen and oxygen atoms in total. The molecule has 4 rings (SSSR count). The maximum absolute atomic E-state index is 13.6. The van der Waals surface area contributed by atoms with Crippen molar-refractivity contribution in [3.63, 3.8) is 0 Å². The van der Waals surface area contributed by atoms with Crippen molar-refractivity contribution in [3.8, 4) is 5.75 Å². The molecule has 4 aromatic rings. The van der Waals surface area contributed by atoms with Crippen LogP contribution in [0.1, 0.15) is 53.2 Å². The summed E-state index contributed by atoms with van der Waals surface area (Å²) in [5.74, 6) is 0.730. The van der Waals surface area contributed by atoms with Crippen LogP contribution in [-0.2, 0) is 6.54 Å². The van der Waals surface area contributed by atoms with Crippen LogP contribution < -0.4 is 9.64 Å². The van der Waals surface area contributed by atoms with Gasteiger partial charge >= 0.3 is 0 Å². The number of thiazole rings is 1. The second kappa shape index (κ2) is 10.6. The zero-order chi connectivity index (χ0) is 23.2. The quantitative estimate of drug-likeness (QED) is 0.247. The summed E-state index contributed by atoms with van der Waals surface area (Å²) in [7, 11) is 0. The van der Waals surface area contributed by atoms with Gasteiger partial charge in [0.1, 0.15) is 5.75 Å². The van der Waals surface area contributed by atoms with Gasteiger partial charge in [-0.2, -0.15) is 0 Å². The molecule has 0 saturated carbocycles. The van der Waals surface area contributed by atoms with Gasteiger partial charge in [-0.3, -0.25) is 9.69 Å². The molecule has 1 amide bonds. The molecule has 0 atom stereocenters. The van der Waals surface area contributed by atoms with Gasteiger partial charge in [0.15, 0.2) is 5.13 Å². The highest BCUT2D eigenvalue weighted by Gasteiger charge is 2.22. The van der Waals surface area contributed by atoms with E-state index in [0.717, 1.165) is 39.9 Å². The number of benzene rings is 3. The second-order valence-electron chi connectivity index (χ2n) is 8.38. The molecule has 0 N–H and O–H groups in total. The fraction of sp³-hybridized carbons (Fsp3) is 0.286. The Hall–Kier alpha value is -3.18. The van der Waals surface area contributed by atoms with Gasteiger partial charge < -0.3 is 4.74 Å². The van der Waals surface area contributed by atoms with Crippen LogP contribution in [0.2, 0.25) is 0 Å². The Morgan fingerprint density at radius 2 is 1.76 bits per heavy atom. The summed E-state index contributed by atoms with van der Waals surface area (Å²) in [6.45, 7) is 7.50. The Balaban J connectivity index is 1.62. The third kappa shape index (κ3) is 5.60. The highest BCUT2D eigenvalue weighted by molar-refractivity contribution is 7.22. The summed E-state index contributed by atoms with van der Waals surface area (Å²) in [5, 5.41) is 0.715. The van der Waals surface area contributed by atoms with E-state index in [-0.39, 0.29) is 5.91 Å². The van der Waals surface area contributed by atoms with Crippen molar-refractivity contribution in [3.05, 3.63) is 89.0 Å². The molecular formula is C28H30N2O2S. The molecule has 0 spiro atoms. The molecule has 33 heavy (non-hydrogen) atoms. The first kappa shape index (κ1) is 23.0. The summed E-state index contributed by atoms with van der Waals surface area (Å²) >= 11 is 1.56. The van der Waals surface area contributed by atoms with Crippen LogP contribution in [0.4, 0.5) is 5.13 Å². The van der Waals surface area contributed by atoms with Crippen LogP contribution in [0, 0.1) is 13.8 Å². The van der Waals surface area contributed by atoms with E-state index < -0.39 is 0 Å². The Bertz CT molecular complexity index is 1220. The number of hydrogen-bond acceptors (Lipinski definition) is 4. The maximum Gasteiger partial charge on any atom is 0.260 e. The molecule has 1 heterocycles. The number of fused-ring (bicyclic) bond motifs is 1. The van der Waals surface area contributed by atoms with E-state index in [1.807, 2.05) is 54.6 Å². The van der Waals surface area contributed by atoms with E-state index in [1.165, 1.54) is 12.0 Å². The smallest absolute Gasteiger partial charge is 0.260 e. The first-order valence-corrected chi connectivity index (χ1v) is 12.3. The van der Waals surface area contributed by atoms with Gasteiger partial charge in [0.05, 0.1) is 23.4 Å². The van der Waals surface area contributed by atoms with E-state index in [4.69, 9.17) is 9.72 Å². The first-order valence-electron chi connectivity index (χ1n) is 11.5. The largest absolute Gasteiger partial charge is 0.494 e. The monoisotopic (exact) mass is 458 g/mol. The summed E-state index contributed by atoms with van der Waals surface area (Å²) in [6.07, 6.45) is 3.36. The van der Waals surface area contributed by atoms with E-state index in [2.05, 4.69) is 32.9 Å². The molecule has 0 bridgehead atoms. The molecule has 170 valence electrons. The minimum Gasteiger partial charge on any atom is -0.494 e. The molecule has 0 saturated heterocycles. The van der Waals surface area contributed by atoms with Crippen LogP contribution in [0.15, 0.2) is 66.7 Å². The number of carbonyl (C=O) groups is 1. The lowest BCUT2D eigenvalue weighted by molar-refractivity contribution is 0.0985. The van der Waals surface area contributed by atoms with Gasteiger partial charge in [-0.25, -0.2) is 4.98 Å². The summed E-state index contributed by atoms with van der Waals surface area (Å²) in [4.78, 5) is 20.3. The number of carbonyl (C=O) groups excluding carboxylic acids is 1. The van der Waals surface area contributed by atoms with E-state index in [0.29, 0.717) is 23.8 Å². The van der Waals surface area contributed by atoms with E-state index in [9.17, 15) is 4.79 Å². The third-order valence-electron chi connectivity index (χ3n) is 5.60. The van der Waals surface area contributed by atoms with Crippen molar-refractivity contribution in [2.45, 2.75) is 46.6 Å². The summed E-state index contributed by atoms with van der Waals surface area (Å²) < 4.78 is 6.91. The van der Waals surface area contributed by atoms with Crippen molar-refractivity contribution < 1.29 is 9.53 Å². The fourth-order valence-electron chi connectivity index (χ4n) is 3.86. The number of rotatable bonds is 9. The van der Waals surface area contributed by atoms with Gasteiger partial charge in [0.2, 0.25) is 0 Å². The molecule has 0 aliphatic carbocycles. The Kier molecular flexibility index (Phi) is 7.40. The number of nitrogens with zero attached hydrogens (tertiary/aromatic N) is 2. The lowest BCUT2D eigenvalue weighted by Crippen LogP contribution is -2.30. The topological polar surface area (TPSA) is 42.4 Å². The predicted octanol–water partition coefficient (Wildman–Crippen LogP) is 7.33. The number of aryl methyl sites for hydroxylation is 2. The zero-order valence-electron chi connectivity index (χ0n) is 19.5. The maximum atomic E-state index is 13.6. The lowest BCUT2D eigenvalue weighted by Gasteiger charge is -2.20. The first-order chi connectivity index (χ1) is 16.0. The highest BCUT2D eigenvalue weighted by atomic mass is 32.1. The van der Waals surface area contributed by atoms with Crippen molar-refractivity contribution in [1.29, 1.82) is 0 Å². The van der Waals surface area contributed by atoms with Gasteiger partial charge in [-0.15, -0.1) is 0 Å². The number of amides is 1. The number of unbranched alkanes of at least 4 members (excludes halogenated alkanes) is 2. The van der Waals surface area contributed by atoms with Crippen LogP contribution in [0.3, 0.4) is 0 Å². The van der Waals surface area contributed by atoms with Gasteiger partial charge in [0.25, 0.3) is 5.91 Å². The number of aromatic nitrogens is 1. The molecule has 0 fully saturated rings. The third-order valence-corrected chi connectivity index (χ3v) is 6.62. The molecule has 0 aliphatic heterocycles. The zero-order valence-corrected chi connectivity index (χ0v) is 20.3. The number of ether oxygens (including phenoxy) is 1. The predicted molar refractivity (Wildman–Crippen MR) is 138 cm³/mol. The lowest BCUT2D eigenvalue weighted by atomic mass is 10.1. The van der Waals surface area contributed by atoms with E-state index in [1.54, 1.807) is 16.2 Å². The van der Waals surface area contributed by atoms with E-state index >= 15 is 0 Å². The average molecular weight is 459 g/mol. The van der Waals surface area contributed by atoms with Gasteiger partial charge in [0, 0.05) is 5.56 Å². The standard InChI is InChI=1S/C28H30N2O2S/c1-4-5-9-16-32-24-14-12-23(13-15-24)27(31)30(19-22-10-7-6-8-11-22)28-29-26-21(3)17-20(2)18-25(26)33-28/h6-8,10-15,17-18H,4-5,9,16,19H2,1-3H3. The van der Waals surface area contributed by atoms with Crippen LogP contribution in [0.25, 0.3) is 10.2 Å². The average Bonchev–Trinajstić information content (AvgIpc) is 3.25. The highest BCUT2D eigenvalue weighted by Crippen LogP contribution is 2.33. The normalized spacial score (nSPS) is 11.0. The van der Waals surface area contributed by atoms with Gasteiger partial charge in [-0.1, -0.05) is 67.5 Å². The molecule has 0 aliphatic rings. The van der Waals surface area contributed by atoms with Crippen LogP contribution in [-0.4, -0.2) is 17.5 Å². The summed E-state index contributed by atoms with van der Waals surface area (Å²) in [6, 6.07) is 21.8. The Morgan fingerprint density at radius 3 is 2.48 bits per heavy atom. The number of anilines is 1. The van der Waals surface area contributed by atoms with Gasteiger partial charge in [-0.05, 0) is 67.3 Å². The summed E-state index contributed by atoms with van der Waals surface area (Å²) in [5.41, 5.74) is 4.98. The minimum atomic E-state index is -0.0650. The minimum absolute atomic E-state index is 0.0650. The molecule has 3 aromatic carbocycles. The van der Waals surface area contributed by atoms with Crippen molar-refractivity contribution in [2.75, 3.05) is 11.5 Å². The molecule has 0 unspecified atom stereocenters. The Morgan fingerprint density at radius 1 is 1.00 bits per heavy atom.